The highest BCUT2D eigenvalue weighted by Crippen LogP contribution is 2.37. The molecule has 1 saturated carbocycles. The summed E-state index contributed by atoms with van der Waals surface area (Å²) in [4.78, 5) is 23.4. The zero-order valence-electron chi connectivity index (χ0n) is 16.1. The fourth-order valence-electron chi connectivity index (χ4n) is 4.13. The molecule has 2 aliphatic rings. The molecule has 0 radical (unpaired) electrons. The van der Waals surface area contributed by atoms with E-state index in [9.17, 15) is 9.18 Å². The van der Waals surface area contributed by atoms with Crippen LogP contribution in [0.1, 0.15) is 50.6 Å². The largest absolute Gasteiger partial charge is 0.382 e. The lowest BCUT2D eigenvalue weighted by atomic mass is 9.80. The van der Waals surface area contributed by atoms with Crippen LogP contribution in [0.2, 0.25) is 0 Å². The Bertz CT molecular complexity index is 841. The molecular weight excluding hydrogens is 357 g/mol. The zero-order valence-corrected chi connectivity index (χ0v) is 16.1. The van der Waals surface area contributed by atoms with E-state index in [0.29, 0.717) is 30.0 Å². The first-order valence-corrected chi connectivity index (χ1v) is 10.0. The molecule has 2 aromatic rings. The predicted octanol–water partition coefficient (Wildman–Crippen LogP) is 4.76. The van der Waals surface area contributed by atoms with Crippen LogP contribution in [0.25, 0.3) is 0 Å². The van der Waals surface area contributed by atoms with Gasteiger partial charge in [0.1, 0.15) is 11.6 Å². The van der Waals surface area contributed by atoms with Crippen molar-refractivity contribution in [1.29, 1.82) is 0 Å². The highest BCUT2D eigenvalue weighted by atomic mass is 19.1. The second kappa shape index (κ2) is 8.12. The first-order valence-electron chi connectivity index (χ1n) is 10.0. The number of amides is 2. The second-order valence-electron chi connectivity index (χ2n) is 7.80. The molecule has 3 heterocycles. The fraction of sp³-hybridized carbons (Fsp3) is 0.476. The number of carbonyl (C=O) groups excluding carboxylic acids is 1. The van der Waals surface area contributed by atoms with Gasteiger partial charge in [0.25, 0.3) is 0 Å². The second-order valence-corrected chi connectivity index (χ2v) is 7.80. The van der Waals surface area contributed by atoms with E-state index in [1.165, 1.54) is 25.0 Å². The third-order valence-electron chi connectivity index (χ3n) is 5.59. The average Bonchev–Trinajstić information content (AvgIpc) is 2.91. The number of fused-ring (bicyclic) bond motifs is 1. The lowest BCUT2D eigenvalue weighted by Gasteiger charge is -2.28. The number of nitrogens with zero attached hydrogens (tertiary/aromatic N) is 3. The molecule has 1 aliphatic heterocycles. The SMILES string of the molecule is CC1CCCC(c2ccc3c(n2)N(C(=O)Nc2ccc(F)cn2)CCCN3)C1. The molecule has 0 spiro atoms. The maximum absolute atomic E-state index is 13.1. The third-order valence-corrected chi connectivity index (χ3v) is 5.59. The van der Waals surface area contributed by atoms with Gasteiger partial charge in [-0.2, -0.15) is 0 Å². The summed E-state index contributed by atoms with van der Waals surface area (Å²) in [5, 5.41) is 6.13. The van der Waals surface area contributed by atoms with E-state index in [2.05, 4.69) is 28.6 Å². The number of hydrogen-bond donors (Lipinski definition) is 2. The Morgan fingerprint density at radius 3 is 2.93 bits per heavy atom. The van der Waals surface area contributed by atoms with Crippen molar-refractivity contribution in [2.24, 2.45) is 5.92 Å². The quantitative estimate of drug-likeness (QED) is 0.784. The van der Waals surface area contributed by atoms with Crippen LogP contribution in [0.4, 0.5) is 26.5 Å². The van der Waals surface area contributed by atoms with Crippen LogP contribution in [0.3, 0.4) is 0 Å². The van der Waals surface area contributed by atoms with Crippen LogP contribution >= 0.6 is 0 Å². The van der Waals surface area contributed by atoms with Crippen LogP contribution in [-0.2, 0) is 0 Å². The van der Waals surface area contributed by atoms with Crippen LogP contribution < -0.4 is 15.5 Å². The van der Waals surface area contributed by atoms with E-state index < -0.39 is 5.82 Å². The minimum Gasteiger partial charge on any atom is -0.382 e. The van der Waals surface area contributed by atoms with E-state index in [0.717, 1.165) is 43.4 Å². The Morgan fingerprint density at radius 2 is 2.14 bits per heavy atom. The zero-order chi connectivity index (χ0) is 19.5. The topological polar surface area (TPSA) is 70.2 Å². The van der Waals surface area contributed by atoms with Crippen LogP contribution in [0, 0.1) is 11.7 Å². The van der Waals surface area contributed by atoms with Gasteiger partial charge in [0.05, 0.1) is 11.9 Å². The van der Waals surface area contributed by atoms with Crippen molar-refractivity contribution in [2.75, 3.05) is 28.6 Å². The van der Waals surface area contributed by atoms with E-state index in [-0.39, 0.29) is 6.03 Å². The smallest absolute Gasteiger partial charge is 0.328 e. The molecule has 28 heavy (non-hydrogen) atoms. The van der Waals surface area contributed by atoms with Gasteiger partial charge in [0.15, 0.2) is 5.82 Å². The van der Waals surface area contributed by atoms with Crippen molar-refractivity contribution in [1.82, 2.24) is 9.97 Å². The van der Waals surface area contributed by atoms with Gasteiger partial charge in [0, 0.05) is 24.7 Å². The summed E-state index contributed by atoms with van der Waals surface area (Å²) in [6.45, 7) is 3.64. The molecule has 0 aromatic carbocycles. The molecule has 0 saturated heterocycles. The summed E-state index contributed by atoms with van der Waals surface area (Å²) in [6.07, 6.45) is 6.70. The first-order chi connectivity index (χ1) is 13.6. The fourth-order valence-corrected chi connectivity index (χ4v) is 4.13. The summed E-state index contributed by atoms with van der Waals surface area (Å²) >= 11 is 0. The van der Waals surface area contributed by atoms with Crippen molar-refractivity contribution in [2.45, 2.75) is 44.9 Å². The van der Waals surface area contributed by atoms with E-state index >= 15 is 0 Å². The Morgan fingerprint density at radius 1 is 1.25 bits per heavy atom. The van der Waals surface area contributed by atoms with Gasteiger partial charge in [-0.15, -0.1) is 0 Å². The average molecular weight is 383 g/mol. The van der Waals surface area contributed by atoms with Crippen LogP contribution in [0.15, 0.2) is 30.5 Å². The standard InChI is InChI=1S/C21H26FN5O/c1-14-4-2-5-15(12-14)17-7-8-18-20(25-17)27(11-3-10-23-18)21(28)26-19-9-6-16(22)13-24-19/h6-9,13-15,23H,2-5,10-12H2,1H3,(H,24,26,28). The number of carbonyl (C=O) groups is 1. The maximum atomic E-state index is 13.1. The molecule has 7 heteroatoms. The number of pyridine rings is 2. The number of urea groups is 1. The van der Waals surface area contributed by atoms with Crippen LogP contribution in [-0.4, -0.2) is 29.1 Å². The molecule has 148 valence electrons. The molecule has 1 fully saturated rings. The van der Waals surface area contributed by atoms with Crippen molar-refractivity contribution >= 4 is 23.4 Å². The lowest BCUT2D eigenvalue weighted by molar-refractivity contribution is 0.256. The maximum Gasteiger partial charge on any atom is 0.328 e. The summed E-state index contributed by atoms with van der Waals surface area (Å²) < 4.78 is 13.1. The van der Waals surface area contributed by atoms with Gasteiger partial charge in [-0.1, -0.05) is 19.8 Å². The van der Waals surface area contributed by atoms with Gasteiger partial charge in [-0.05, 0) is 49.4 Å². The number of halogens is 1. The molecule has 2 N–H and O–H groups in total. The Hall–Kier alpha value is -2.70. The van der Waals surface area contributed by atoms with Gasteiger partial charge in [0.2, 0.25) is 0 Å². The highest BCUT2D eigenvalue weighted by molar-refractivity contribution is 6.02. The number of nitrogens with one attached hydrogen (secondary N) is 2. The normalized spacial score (nSPS) is 22.0. The number of hydrogen-bond acceptors (Lipinski definition) is 4. The van der Waals surface area contributed by atoms with Crippen molar-refractivity contribution in [3.8, 4) is 0 Å². The molecule has 0 bridgehead atoms. The molecular formula is C21H26FN5O. The minimum absolute atomic E-state index is 0.300. The van der Waals surface area contributed by atoms with E-state index in [4.69, 9.17) is 4.98 Å². The van der Waals surface area contributed by atoms with Crippen molar-refractivity contribution in [3.63, 3.8) is 0 Å². The van der Waals surface area contributed by atoms with Gasteiger partial charge in [-0.25, -0.2) is 19.2 Å². The van der Waals surface area contributed by atoms with E-state index in [1.54, 1.807) is 4.90 Å². The molecule has 4 rings (SSSR count). The molecule has 2 aromatic heterocycles. The minimum atomic E-state index is -0.435. The van der Waals surface area contributed by atoms with E-state index in [1.807, 2.05) is 6.07 Å². The Balaban J connectivity index is 1.59. The summed E-state index contributed by atoms with van der Waals surface area (Å²) in [6, 6.07) is 6.57. The predicted molar refractivity (Wildman–Crippen MR) is 108 cm³/mol. The number of aromatic nitrogens is 2. The Labute approximate surface area is 164 Å². The Kier molecular flexibility index (Phi) is 5.41. The van der Waals surface area contributed by atoms with Gasteiger partial charge >= 0.3 is 6.03 Å². The molecule has 2 atom stereocenters. The van der Waals surface area contributed by atoms with Crippen molar-refractivity contribution in [3.05, 3.63) is 42.0 Å². The molecule has 1 aliphatic carbocycles. The van der Waals surface area contributed by atoms with Crippen LogP contribution in [0.5, 0.6) is 0 Å². The van der Waals surface area contributed by atoms with Gasteiger partial charge < -0.3 is 5.32 Å². The first kappa shape index (κ1) is 18.7. The number of rotatable bonds is 2. The summed E-state index contributed by atoms with van der Waals surface area (Å²) in [5.74, 6) is 1.70. The molecule has 2 unspecified atom stereocenters. The summed E-state index contributed by atoms with van der Waals surface area (Å²) in [5.41, 5.74) is 1.93. The van der Waals surface area contributed by atoms with Crippen molar-refractivity contribution < 1.29 is 9.18 Å². The third kappa shape index (κ3) is 4.08. The molecule has 6 nitrogen and oxygen atoms in total. The molecule has 2 amide bonds. The lowest BCUT2D eigenvalue weighted by Crippen LogP contribution is -2.36. The van der Waals surface area contributed by atoms with Gasteiger partial charge in [-0.3, -0.25) is 10.2 Å². The summed E-state index contributed by atoms with van der Waals surface area (Å²) in [7, 11) is 0. The monoisotopic (exact) mass is 383 g/mol. The highest BCUT2D eigenvalue weighted by Gasteiger charge is 2.26. The number of anilines is 3.